The minimum Gasteiger partial charge on any atom is -0.334 e. The largest absolute Gasteiger partial charge is 0.334 e. The maximum atomic E-state index is 11.8. The maximum Gasteiger partial charge on any atom is 0.315 e. The van der Waals surface area contributed by atoms with Crippen molar-refractivity contribution in [1.29, 1.82) is 0 Å². The van der Waals surface area contributed by atoms with Gasteiger partial charge in [0.15, 0.2) is 0 Å². The van der Waals surface area contributed by atoms with E-state index >= 15 is 0 Å². The SMILES string of the molecule is Cc1cc(C)c(CNC(=O)NCc2ccc(Cl)s2)c(=O)[nH]1. The first-order chi connectivity index (χ1) is 9.95. The average molecular weight is 326 g/mol. The molecule has 2 aromatic heterocycles. The second-order valence-corrected chi connectivity index (χ2v) is 6.48. The second kappa shape index (κ2) is 6.78. The molecule has 0 aromatic carbocycles. The molecule has 112 valence electrons. The molecule has 5 nitrogen and oxygen atoms in total. The van der Waals surface area contributed by atoms with E-state index < -0.39 is 0 Å². The molecule has 0 radical (unpaired) electrons. The fraction of sp³-hybridized carbons (Fsp3) is 0.286. The summed E-state index contributed by atoms with van der Waals surface area (Å²) in [4.78, 5) is 27.2. The molecule has 0 aliphatic carbocycles. The third kappa shape index (κ3) is 4.34. The molecular formula is C14H16ClN3O2S. The lowest BCUT2D eigenvalue weighted by molar-refractivity contribution is 0.240. The number of rotatable bonds is 4. The molecule has 2 heterocycles. The molecule has 2 amide bonds. The Labute approximate surface area is 131 Å². The molecule has 3 N–H and O–H groups in total. The Morgan fingerprint density at radius 2 is 2.00 bits per heavy atom. The van der Waals surface area contributed by atoms with Crippen molar-refractivity contribution in [2.75, 3.05) is 0 Å². The van der Waals surface area contributed by atoms with E-state index in [4.69, 9.17) is 11.6 Å². The van der Waals surface area contributed by atoms with Crippen LogP contribution in [0.15, 0.2) is 23.0 Å². The molecule has 2 aromatic rings. The van der Waals surface area contributed by atoms with Gasteiger partial charge in [-0.15, -0.1) is 11.3 Å². The topological polar surface area (TPSA) is 74.0 Å². The highest BCUT2D eigenvalue weighted by molar-refractivity contribution is 7.16. The zero-order valence-electron chi connectivity index (χ0n) is 11.7. The van der Waals surface area contributed by atoms with Crippen molar-refractivity contribution in [1.82, 2.24) is 15.6 Å². The molecule has 0 unspecified atom stereocenters. The van der Waals surface area contributed by atoms with Crippen LogP contribution in [-0.4, -0.2) is 11.0 Å². The number of thiophene rings is 1. The van der Waals surface area contributed by atoms with E-state index in [1.54, 1.807) is 6.07 Å². The first kappa shape index (κ1) is 15.6. The summed E-state index contributed by atoms with van der Waals surface area (Å²) in [6.45, 7) is 4.28. The number of aromatic amines is 1. The van der Waals surface area contributed by atoms with Gasteiger partial charge in [0, 0.05) is 16.1 Å². The normalized spacial score (nSPS) is 10.4. The lowest BCUT2D eigenvalue weighted by Gasteiger charge is -2.09. The fourth-order valence-electron chi connectivity index (χ4n) is 1.95. The second-order valence-electron chi connectivity index (χ2n) is 4.69. The molecule has 0 fully saturated rings. The number of aryl methyl sites for hydroxylation is 2. The summed E-state index contributed by atoms with van der Waals surface area (Å²) >= 11 is 7.24. The van der Waals surface area contributed by atoms with E-state index in [0.717, 1.165) is 16.1 Å². The van der Waals surface area contributed by atoms with Crippen LogP contribution in [0.1, 0.15) is 21.7 Å². The van der Waals surface area contributed by atoms with E-state index in [9.17, 15) is 9.59 Å². The fourth-order valence-corrected chi connectivity index (χ4v) is 2.97. The number of pyridine rings is 1. The van der Waals surface area contributed by atoms with E-state index in [-0.39, 0.29) is 18.1 Å². The Morgan fingerprint density at radius 1 is 1.29 bits per heavy atom. The summed E-state index contributed by atoms with van der Waals surface area (Å²) in [5.41, 5.74) is 2.06. The van der Waals surface area contributed by atoms with Crippen LogP contribution in [0.3, 0.4) is 0 Å². The van der Waals surface area contributed by atoms with Gasteiger partial charge >= 0.3 is 6.03 Å². The predicted octanol–water partition coefficient (Wildman–Crippen LogP) is 2.71. The molecule has 7 heteroatoms. The van der Waals surface area contributed by atoms with Gasteiger partial charge in [0.2, 0.25) is 0 Å². The van der Waals surface area contributed by atoms with Crippen LogP contribution in [0.2, 0.25) is 4.34 Å². The van der Waals surface area contributed by atoms with Gasteiger partial charge in [-0.25, -0.2) is 4.79 Å². The third-order valence-corrected chi connectivity index (χ3v) is 4.20. The number of hydrogen-bond donors (Lipinski definition) is 3. The Hall–Kier alpha value is -1.79. The molecule has 0 aliphatic rings. The maximum absolute atomic E-state index is 11.8. The number of amides is 2. The minimum absolute atomic E-state index is 0.169. The zero-order chi connectivity index (χ0) is 15.4. The standard InChI is InChI=1S/C14H16ClN3O2S/c1-8-5-9(2)18-13(19)11(8)7-17-14(20)16-6-10-3-4-12(15)21-10/h3-5H,6-7H2,1-2H3,(H,18,19)(H2,16,17,20). The number of aromatic nitrogens is 1. The Bertz CT molecular complexity index is 708. The highest BCUT2D eigenvalue weighted by Crippen LogP contribution is 2.20. The van der Waals surface area contributed by atoms with E-state index in [2.05, 4.69) is 15.6 Å². The number of H-pyrrole nitrogens is 1. The van der Waals surface area contributed by atoms with Crippen molar-refractivity contribution in [2.24, 2.45) is 0 Å². The lowest BCUT2D eigenvalue weighted by atomic mass is 10.1. The predicted molar refractivity (Wildman–Crippen MR) is 84.9 cm³/mol. The van der Waals surface area contributed by atoms with Crippen LogP contribution in [0, 0.1) is 13.8 Å². The molecule has 0 saturated heterocycles. The average Bonchev–Trinajstić information content (AvgIpc) is 2.81. The van der Waals surface area contributed by atoms with Gasteiger partial charge in [-0.05, 0) is 37.6 Å². The first-order valence-electron chi connectivity index (χ1n) is 6.41. The summed E-state index contributed by atoms with van der Waals surface area (Å²) in [6.07, 6.45) is 0. The smallest absolute Gasteiger partial charge is 0.315 e. The highest BCUT2D eigenvalue weighted by atomic mass is 35.5. The number of carbonyl (C=O) groups excluding carboxylic acids is 1. The van der Waals surface area contributed by atoms with Crippen molar-refractivity contribution < 1.29 is 4.79 Å². The van der Waals surface area contributed by atoms with Gasteiger partial charge in [0.1, 0.15) is 0 Å². The van der Waals surface area contributed by atoms with E-state index in [1.807, 2.05) is 26.0 Å². The molecule has 0 saturated carbocycles. The zero-order valence-corrected chi connectivity index (χ0v) is 13.3. The van der Waals surface area contributed by atoms with Crippen LogP contribution >= 0.6 is 22.9 Å². The first-order valence-corrected chi connectivity index (χ1v) is 7.60. The van der Waals surface area contributed by atoms with E-state index in [1.165, 1.54) is 11.3 Å². The number of urea groups is 1. The summed E-state index contributed by atoms with van der Waals surface area (Å²) in [6, 6.07) is 5.21. The van der Waals surface area contributed by atoms with Crippen molar-refractivity contribution in [2.45, 2.75) is 26.9 Å². The molecule has 21 heavy (non-hydrogen) atoms. The lowest BCUT2D eigenvalue weighted by Crippen LogP contribution is -2.36. The van der Waals surface area contributed by atoms with Gasteiger partial charge in [-0.2, -0.15) is 0 Å². The van der Waals surface area contributed by atoms with Gasteiger partial charge < -0.3 is 15.6 Å². The number of hydrogen-bond acceptors (Lipinski definition) is 3. The van der Waals surface area contributed by atoms with Crippen LogP contribution in [0.25, 0.3) is 0 Å². The summed E-state index contributed by atoms with van der Waals surface area (Å²) < 4.78 is 0.689. The number of nitrogens with one attached hydrogen (secondary N) is 3. The third-order valence-electron chi connectivity index (χ3n) is 2.97. The number of carbonyl (C=O) groups is 1. The Balaban J connectivity index is 1.88. The van der Waals surface area contributed by atoms with Crippen LogP contribution in [0.5, 0.6) is 0 Å². The van der Waals surface area contributed by atoms with Crippen LogP contribution in [-0.2, 0) is 13.1 Å². The Morgan fingerprint density at radius 3 is 2.62 bits per heavy atom. The summed E-state index contributed by atoms with van der Waals surface area (Å²) in [5.74, 6) is 0. The Kier molecular flexibility index (Phi) is 5.03. The quantitative estimate of drug-likeness (QED) is 0.808. The minimum atomic E-state index is -0.320. The summed E-state index contributed by atoms with van der Waals surface area (Å²) in [7, 11) is 0. The molecule has 0 atom stereocenters. The molecule has 2 rings (SSSR count). The number of halogens is 1. The van der Waals surface area contributed by atoms with Crippen LogP contribution < -0.4 is 16.2 Å². The molecule has 0 bridgehead atoms. The van der Waals surface area contributed by atoms with E-state index in [0.29, 0.717) is 16.4 Å². The van der Waals surface area contributed by atoms with Gasteiger partial charge in [-0.3, -0.25) is 4.79 Å². The monoisotopic (exact) mass is 325 g/mol. The highest BCUT2D eigenvalue weighted by Gasteiger charge is 2.07. The van der Waals surface area contributed by atoms with Gasteiger partial charge in [-0.1, -0.05) is 11.6 Å². The van der Waals surface area contributed by atoms with Crippen molar-refractivity contribution in [3.63, 3.8) is 0 Å². The van der Waals surface area contributed by atoms with Crippen LogP contribution in [0.4, 0.5) is 4.79 Å². The van der Waals surface area contributed by atoms with Crippen molar-refractivity contribution in [3.05, 3.63) is 54.6 Å². The van der Waals surface area contributed by atoms with Crippen molar-refractivity contribution >= 4 is 29.0 Å². The van der Waals surface area contributed by atoms with Gasteiger partial charge in [0.05, 0.1) is 17.4 Å². The molecule has 0 aliphatic heterocycles. The van der Waals surface area contributed by atoms with Gasteiger partial charge in [0.25, 0.3) is 5.56 Å². The summed E-state index contributed by atoms with van der Waals surface area (Å²) in [5, 5.41) is 5.40. The molecular weight excluding hydrogens is 310 g/mol. The van der Waals surface area contributed by atoms with Crippen molar-refractivity contribution in [3.8, 4) is 0 Å². The molecule has 0 spiro atoms.